The van der Waals surface area contributed by atoms with E-state index >= 15 is 0 Å². The maximum absolute atomic E-state index is 5.61. The van der Waals surface area contributed by atoms with Gasteiger partial charge in [0, 0.05) is 7.47 Å². The van der Waals surface area contributed by atoms with Crippen molar-refractivity contribution >= 4 is 0 Å². The second kappa shape index (κ2) is 5.93. The SMILES string of the molecule is CC.C[C@H](N)c1ccccc1.[HH]. The molecule has 0 aliphatic carbocycles. The summed E-state index contributed by atoms with van der Waals surface area (Å²) >= 11 is 0. The van der Waals surface area contributed by atoms with Gasteiger partial charge in [0.15, 0.2) is 0 Å². The van der Waals surface area contributed by atoms with Gasteiger partial charge >= 0.3 is 0 Å². The number of rotatable bonds is 1. The monoisotopic (exact) mass is 153 g/mol. The molecule has 0 amide bonds. The summed E-state index contributed by atoms with van der Waals surface area (Å²) in [5.74, 6) is 0. The smallest absolute Gasteiger partial charge is 0.0266 e. The van der Waals surface area contributed by atoms with Gasteiger partial charge in [-0.3, -0.25) is 0 Å². The van der Waals surface area contributed by atoms with E-state index in [0.717, 1.165) is 0 Å². The normalized spacial score (nSPS) is 11.3. The van der Waals surface area contributed by atoms with E-state index in [1.54, 1.807) is 0 Å². The molecule has 64 valence electrons. The van der Waals surface area contributed by atoms with Crippen LogP contribution in [0.3, 0.4) is 0 Å². The van der Waals surface area contributed by atoms with Gasteiger partial charge in [0.05, 0.1) is 0 Å². The molecule has 1 heteroatoms. The minimum Gasteiger partial charge on any atom is -0.324 e. The molecule has 0 saturated carbocycles. The fourth-order valence-corrected chi connectivity index (χ4v) is 0.757. The highest BCUT2D eigenvalue weighted by atomic mass is 14.6. The van der Waals surface area contributed by atoms with Gasteiger partial charge in [0.1, 0.15) is 0 Å². The zero-order chi connectivity index (χ0) is 8.69. The molecular formula is C10H19N. The average molecular weight is 153 g/mol. The lowest BCUT2D eigenvalue weighted by Crippen LogP contribution is -2.03. The summed E-state index contributed by atoms with van der Waals surface area (Å²) in [6, 6.07) is 10.2. The third kappa shape index (κ3) is 3.79. The third-order valence-corrected chi connectivity index (χ3v) is 1.33. The van der Waals surface area contributed by atoms with Gasteiger partial charge in [-0.25, -0.2) is 0 Å². The fourth-order valence-electron chi connectivity index (χ4n) is 0.757. The summed E-state index contributed by atoms with van der Waals surface area (Å²) in [5, 5.41) is 0. The van der Waals surface area contributed by atoms with Crippen molar-refractivity contribution < 1.29 is 1.43 Å². The van der Waals surface area contributed by atoms with Crippen LogP contribution in [-0.4, -0.2) is 0 Å². The summed E-state index contributed by atoms with van der Waals surface area (Å²) in [6.07, 6.45) is 0. The first-order chi connectivity index (χ1) is 5.30. The molecule has 1 nitrogen and oxygen atoms in total. The Morgan fingerprint density at radius 3 is 1.91 bits per heavy atom. The van der Waals surface area contributed by atoms with Crippen molar-refractivity contribution in [1.29, 1.82) is 0 Å². The minimum atomic E-state index is 0. The molecule has 0 fully saturated rings. The maximum atomic E-state index is 5.61. The molecule has 0 aliphatic rings. The first kappa shape index (κ1) is 10.2. The predicted molar refractivity (Wildman–Crippen MR) is 52.5 cm³/mol. The van der Waals surface area contributed by atoms with Gasteiger partial charge in [-0.15, -0.1) is 0 Å². The Hall–Kier alpha value is -0.820. The van der Waals surface area contributed by atoms with E-state index in [2.05, 4.69) is 0 Å². The lowest BCUT2D eigenvalue weighted by Gasteiger charge is -2.02. The van der Waals surface area contributed by atoms with Crippen molar-refractivity contribution in [2.45, 2.75) is 26.8 Å². The largest absolute Gasteiger partial charge is 0.324 e. The second-order valence-electron chi connectivity index (χ2n) is 2.20. The summed E-state index contributed by atoms with van der Waals surface area (Å²) in [7, 11) is 0. The summed E-state index contributed by atoms with van der Waals surface area (Å²) < 4.78 is 0. The predicted octanol–water partition coefficient (Wildman–Crippen LogP) is 2.98. The molecule has 0 aliphatic heterocycles. The second-order valence-corrected chi connectivity index (χ2v) is 2.20. The number of benzene rings is 1. The van der Waals surface area contributed by atoms with E-state index in [-0.39, 0.29) is 7.47 Å². The van der Waals surface area contributed by atoms with Crippen LogP contribution >= 0.6 is 0 Å². The molecule has 0 unspecified atom stereocenters. The van der Waals surface area contributed by atoms with Crippen LogP contribution in [0.25, 0.3) is 0 Å². The highest BCUT2D eigenvalue weighted by molar-refractivity contribution is 5.17. The highest BCUT2D eigenvalue weighted by Crippen LogP contribution is 2.06. The van der Waals surface area contributed by atoms with E-state index < -0.39 is 0 Å². The molecule has 0 aromatic heterocycles. The topological polar surface area (TPSA) is 26.0 Å². The molecule has 1 aromatic rings. The van der Waals surface area contributed by atoms with Crippen molar-refractivity contribution in [2.75, 3.05) is 0 Å². The van der Waals surface area contributed by atoms with Gasteiger partial charge in [-0.2, -0.15) is 0 Å². The van der Waals surface area contributed by atoms with Crippen molar-refractivity contribution in [1.82, 2.24) is 0 Å². The van der Waals surface area contributed by atoms with Crippen LogP contribution in [0.1, 0.15) is 33.8 Å². The van der Waals surface area contributed by atoms with Crippen molar-refractivity contribution in [3.63, 3.8) is 0 Å². The van der Waals surface area contributed by atoms with Crippen LogP contribution in [0.4, 0.5) is 0 Å². The van der Waals surface area contributed by atoms with E-state index in [1.807, 2.05) is 51.1 Å². The molecule has 2 N–H and O–H groups in total. The van der Waals surface area contributed by atoms with Gasteiger partial charge in [-0.1, -0.05) is 44.2 Å². The van der Waals surface area contributed by atoms with Gasteiger partial charge in [0.25, 0.3) is 0 Å². The number of hydrogen-bond donors (Lipinski definition) is 1. The highest BCUT2D eigenvalue weighted by Gasteiger charge is 1.93. The zero-order valence-electron chi connectivity index (χ0n) is 7.54. The Balaban J connectivity index is 0. The summed E-state index contributed by atoms with van der Waals surface area (Å²) in [6.45, 7) is 5.98. The van der Waals surface area contributed by atoms with Gasteiger partial charge in [-0.05, 0) is 12.5 Å². The van der Waals surface area contributed by atoms with E-state index in [4.69, 9.17) is 5.73 Å². The van der Waals surface area contributed by atoms with Crippen LogP contribution in [0, 0.1) is 0 Å². The van der Waals surface area contributed by atoms with E-state index in [9.17, 15) is 0 Å². The van der Waals surface area contributed by atoms with Gasteiger partial charge < -0.3 is 5.73 Å². The fraction of sp³-hybridized carbons (Fsp3) is 0.400. The Labute approximate surface area is 70.7 Å². The molecule has 0 radical (unpaired) electrons. The molecule has 0 spiro atoms. The molecule has 11 heavy (non-hydrogen) atoms. The minimum absolute atomic E-state index is 0. The Kier molecular flexibility index (Phi) is 5.49. The lowest BCUT2D eigenvalue weighted by molar-refractivity contribution is 0.818. The number of hydrogen-bond acceptors (Lipinski definition) is 1. The molecule has 0 bridgehead atoms. The summed E-state index contributed by atoms with van der Waals surface area (Å²) in [5.41, 5.74) is 6.81. The van der Waals surface area contributed by atoms with Crippen molar-refractivity contribution in [3.8, 4) is 0 Å². The lowest BCUT2D eigenvalue weighted by atomic mass is 10.1. The molecule has 1 aromatic carbocycles. The summed E-state index contributed by atoms with van der Waals surface area (Å²) in [4.78, 5) is 0. The van der Waals surface area contributed by atoms with Crippen LogP contribution in [0.15, 0.2) is 30.3 Å². The Bertz CT molecular complexity index is 172. The third-order valence-electron chi connectivity index (χ3n) is 1.33. The number of nitrogens with two attached hydrogens (primary N) is 1. The Morgan fingerprint density at radius 2 is 1.64 bits per heavy atom. The zero-order valence-corrected chi connectivity index (χ0v) is 7.54. The quantitative estimate of drug-likeness (QED) is 0.659. The van der Waals surface area contributed by atoms with Crippen molar-refractivity contribution in [3.05, 3.63) is 35.9 Å². The molecule has 0 heterocycles. The molecule has 0 saturated heterocycles. The van der Waals surface area contributed by atoms with Crippen LogP contribution in [0.5, 0.6) is 0 Å². The first-order valence-corrected chi connectivity index (χ1v) is 4.11. The van der Waals surface area contributed by atoms with Crippen LogP contribution < -0.4 is 5.73 Å². The molecular weight excluding hydrogens is 134 g/mol. The molecule has 1 atom stereocenters. The Morgan fingerprint density at radius 1 is 1.18 bits per heavy atom. The van der Waals surface area contributed by atoms with Gasteiger partial charge in [0.2, 0.25) is 0 Å². The standard InChI is InChI=1S/C8H11N.C2H6.H2/c1-7(9)8-5-3-2-4-6-8;1-2;/h2-7H,9H2,1H3;1-2H3;1H/t7-;;/m0../s1. The first-order valence-electron chi connectivity index (χ1n) is 4.11. The van der Waals surface area contributed by atoms with E-state index in [1.165, 1.54) is 5.56 Å². The maximum Gasteiger partial charge on any atom is 0.0266 e. The average Bonchev–Trinajstić information content (AvgIpc) is 2.10. The van der Waals surface area contributed by atoms with Crippen LogP contribution in [-0.2, 0) is 0 Å². The molecule has 1 rings (SSSR count). The van der Waals surface area contributed by atoms with Crippen LogP contribution in [0.2, 0.25) is 0 Å². The van der Waals surface area contributed by atoms with Crippen molar-refractivity contribution in [2.24, 2.45) is 5.73 Å². The van der Waals surface area contributed by atoms with E-state index in [0.29, 0.717) is 0 Å².